The zero-order valence-electron chi connectivity index (χ0n) is 24.8. The molecule has 0 saturated carbocycles. The minimum atomic E-state index is -1.35. The molecule has 0 heterocycles. The van der Waals surface area contributed by atoms with Crippen molar-refractivity contribution in [1.82, 2.24) is 9.99 Å². The number of aliphatic hydroxyl groups excluding tert-OH is 1. The number of hydrogen-bond acceptors (Lipinski definition) is 9. The Bertz CT molecular complexity index is 541. The van der Waals surface area contributed by atoms with Crippen LogP contribution in [-0.4, -0.2) is 77.7 Å². The van der Waals surface area contributed by atoms with Crippen molar-refractivity contribution in [1.29, 1.82) is 0 Å². The topological polar surface area (TPSA) is 102 Å². The standard InChI is InChI=1S/C27H57N2O7P/c1-10-12-13-14-15-16-25(36-31)17-19-32-20-24(28-26(30)35-27(7,8)9)21-34-37(33-18-11-2)29(22(3)4)23(5)6/h11,22-26,28,30-31H,2,10,12-21H2,1,3-9H3/t24-,25-,26?,37?/m1/s1. The van der Waals surface area contributed by atoms with Crippen LogP contribution in [-0.2, 0) is 23.4 Å². The van der Waals surface area contributed by atoms with Crippen molar-refractivity contribution < 1.29 is 33.8 Å². The zero-order valence-corrected chi connectivity index (χ0v) is 25.7. The highest BCUT2D eigenvalue weighted by molar-refractivity contribution is 7.44. The summed E-state index contributed by atoms with van der Waals surface area (Å²) < 4.78 is 26.0. The van der Waals surface area contributed by atoms with Crippen LogP contribution in [0.3, 0.4) is 0 Å². The maximum Gasteiger partial charge on any atom is 0.259 e. The molecule has 0 aliphatic rings. The van der Waals surface area contributed by atoms with Crippen LogP contribution in [0, 0.1) is 0 Å². The summed E-state index contributed by atoms with van der Waals surface area (Å²) in [5.41, 5.74) is -0.521. The third kappa shape index (κ3) is 19.5. The van der Waals surface area contributed by atoms with Gasteiger partial charge < -0.3 is 23.6 Å². The molecule has 0 spiro atoms. The lowest BCUT2D eigenvalue weighted by atomic mass is 10.1. The number of rotatable bonds is 24. The minimum Gasteiger partial charge on any atom is -0.380 e. The first-order chi connectivity index (χ1) is 17.4. The predicted octanol–water partition coefficient (Wildman–Crippen LogP) is 6.23. The van der Waals surface area contributed by atoms with Gasteiger partial charge in [-0.25, -0.2) is 9.56 Å². The normalized spacial score (nSPS) is 15.9. The van der Waals surface area contributed by atoms with Crippen LogP contribution in [0.1, 0.15) is 100 Å². The van der Waals surface area contributed by atoms with Gasteiger partial charge in [-0.2, -0.15) is 0 Å². The molecule has 222 valence electrons. The average Bonchev–Trinajstić information content (AvgIpc) is 2.79. The molecule has 0 fully saturated rings. The Labute approximate surface area is 228 Å². The Morgan fingerprint density at radius 3 is 2.16 bits per heavy atom. The summed E-state index contributed by atoms with van der Waals surface area (Å²) in [6, 6.07) is 0.106. The van der Waals surface area contributed by atoms with Gasteiger partial charge in [0.1, 0.15) is 0 Å². The molecule has 4 atom stereocenters. The summed E-state index contributed by atoms with van der Waals surface area (Å²) in [5, 5.41) is 22.8. The third-order valence-electron chi connectivity index (χ3n) is 5.46. The molecule has 9 nitrogen and oxygen atoms in total. The van der Waals surface area contributed by atoms with Gasteiger partial charge in [0.25, 0.3) is 8.53 Å². The maximum atomic E-state index is 10.4. The van der Waals surface area contributed by atoms with Crippen molar-refractivity contribution in [3.05, 3.63) is 12.7 Å². The molecule has 3 N–H and O–H groups in total. The van der Waals surface area contributed by atoms with E-state index in [1.807, 2.05) is 20.8 Å². The van der Waals surface area contributed by atoms with E-state index in [0.29, 0.717) is 19.6 Å². The van der Waals surface area contributed by atoms with Crippen LogP contribution < -0.4 is 5.32 Å². The number of nitrogens with one attached hydrogen (secondary N) is 1. The van der Waals surface area contributed by atoms with Gasteiger partial charge in [-0.15, -0.1) is 6.58 Å². The zero-order chi connectivity index (χ0) is 28.3. The first-order valence-corrected chi connectivity index (χ1v) is 15.0. The first kappa shape index (κ1) is 36.8. The Balaban J connectivity index is 5.01. The molecule has 0 aromatic heterocycles. The highest BCUT2D eigenvalue weighted by atomic mass is 31.2. The highest BCUT2D eigenvalue weighted by Crippen LogP contribution is 2.45. The van der Waals surface area contributed by atoms with Crippen molar-refractivity contribution >= 4 is 8.53 Å². The first-order valence-electron chi connectivity index (χ1n) is 13.9. The average molecular weight is 553 g/mol. The van der Waals surface area contributed by atoms with Crippen molar-refractivity contribution in [2.24, 2.45) is 0 Å². The molecule has 0 aromatic carbocycles. The Morgan fingerprint density at radius 2 is 1.62 bits per heavy atom. The Kier molecular flexibility index (Phi) is 21.5. The fraction of sp³-hybridized carbons (Fsp3) is 0.926. The van der Waals surface area contributed by atoms with E-state index in [1.165, 1.54) is 19.3 Å². The molecule has 0 saturated heterocycles. The molecule has 0 aromatic rings. The molecular formula is C27H57N2O7P. The van der Waals surface area contributed by atoms with Gasteiger partial charge in [0, 0.05) is 25.1 Å². The summed E-state index contributed by atoms with van der Waals surface area (Å²) in [6.45, 7) is 21.4. The second-order valence-electron chi connectivity index (χ2n) is 10.9. The van der Waals surface area contributed by atoms with Crippen molar-refractivity contribution in [2.45, 2.75) is 137 Å². The van der Waals surface area contributed by atoms with Crippen molar-refractivity contribution in [2.75, 3.05) is 26.4 Å². The van der Waals surface area contributed by atoms with Gasteiger partial charge in [0.2, 0.25) is 6.41 Å². The van der Waals surface area contributed by atoms with E-state index in [0.717, 1.165) is 19.3 Å². The quantitative estimate of drug-likeness (QED) is 0.0321. The lowest BCUT2D eigenvalue weighted by Crippen LogP contribution is -2.48. The number of unbranched alkanes of at least 4 members (excludes halogenated alkanes) is 4. The summed E-state index contributed by atoms with van der Waals surface area (Å²) in [7, 11) is -1.35. The van der Waals surface area contributed by atoms with Crippen LogP contribution in [0.15, 0.2) is 12.7 Å². The van der Waals surface area contributed by atoms with Crippen LogP contribution in [0.25, 0.3) is 0 Å². The fourth-order valence-corrected chi connectivity index (χ4v) is 5.43. The second kappa shape index (κ2) is 21.6. The predicted molar refractivity (Wildman–Crippen MR) is 151 cm³/mol. The van der Waals surface area contributed by atoms with E-state index in [4.69, 9.17) is 18.5 Å². The second-order valence-corrected chi connectivity index (χ2v) is 12.4. The van der Waals surface area contributed by atoms with E-state index in [9.17, 15) is 10.4 Å². The minimum absolute atomic E-state index is 0.228. The summed E-state index contributed by atoms with van der Waals surface area (Å²) in [4.78, 5) is 4.66. The van der Waals surface area contributed by atoms with Gasteiger partial charge in [-0.1, -0.05) is 45.1 Å². The summed E-state index contributed by atoms with van der Waals surface area (Å²) >= 11 is 0. The SMILES string of the molecule is C=CCOP(OC[C@@H](COCC[C@@H](CCCCCCC)OO)NC(O)OC(C)(C)C)N(C(C)C)C(C)C. The molecule has 2 unspecified atom stereocenters. The molecule has 0 amide bonds. The molecule has 0 radical (unpaired) electrons. The van der Waals surface area contributed by atoms with E-state index in [1.54, 1.807) is 6.08 Å². The largest absolute Gasteiger partial charge is 0.380 e. The lowest BCUT2D eigenvalue weighted by Gasteiger charge is -2.36. The summed E-state index contributed by atoms with van der Waals surface area (Å²) in [6.07, 6.45) is 7.49. The van der Waals surface area contributed by atoms with Crippen molar-refractivity contribution in [3.8, 4) is 0 Å². The molecule has 37 heavy (non-hydrogen) atoms. The third-order valence-corrected chi connectivity index (χ3v) is 7.50. The molecule has 0 aliphatic heterocycles. The van der Waals surface area contributed by atoms with Gasteiger partial charge in [0.05, 0.1) is 37.6 Å². The number of ether oxygens (including phenoxy) is 2. The van der Waals surface area contributed by atoms with Gasteiger partial charge in [0.15, 0.2) is 0 Å². The van der Waals surface area contributed by atoms with E-state index in [-0.39, 0.29) is 37.4 Å². The maximum absolute atomic E-state index is 10.4. The molecule has 0 aliphatic carbocycles. The molecule has 0 rings (SSSR count). The monoisotopic (exact) mass is 552 g/mol. The number of aliphatic hydroxyl groups is 1. The van der Waals surface area contributed by atoms with Crippen LogP contribution in [0.4, 0.5) is 0 Å². The summed E-state index contributed by atoms with van der Waals surface area (Å²) in [5.74, 6) is 0. The highest BCUT2D eigenvalue weighted by Gasteiger charge is 2.29. The Hall–Kier alpha value is -0.190. The molecular weight excluding hydrogens is 495 g/mol. The van der Waals surface area contributed by atoms with Crippen LogP contribution >= 0.6 is 8.53 Å². The van der Waals surface area contributed by atoms with E-state index in [2.05, 4.69) is 56.1 Å². The van der Waals surface area contributed by atoms with Gasteiger partial charge in [-0.3, -0.25) is 10.6 Å². The van der Waals surface area contributed by atoms with Crippen LogP contribution in [0.2, 0.25) is 0 Å². The van der Waals surface area contributed by atoms with E-state index < -0.39 is 20.5 Å². The molecule has 10 heteroatoms. The smallest absolute Gasteiger partial charge is 0.259 e. The van der Waals surface area contributed by atoms with Crippen molar-refractivity contribution in [3.63, 3.8) is 0 Å². The number of nitrogens with zero attached hydrogens (tertiary/aromatic N) is 1. The number of hydrogen-bond donors (Lipinski definition) is 3. The van der Waals surface area contributed by atoms with Gasteiger partial charge >= 0.3 is 0 Å². The van der Waals surface area contributed by atoms with Crippen LogP contribution in [0.5, 0.6) is 0 Å². The van der Waals surface area contributed by atoms with E-state index >= 15 is 0 Å². The fourth-order valence-electron chi connectivity index (χ4n) is 3.79. The lowest BCUT2D eigenvalue weighted by molar-refractivity contribution is -0.282. The van der Waals surface area contributed by atoms with Gasteiger partial charge in [-0.05, 0) is 54.9 Å². The molecule has 0 bridgehead atoms. The Morgan fingerprint density at radius 1 is 0.973 bits per heavy atom.